The highest BCUT2D eigenvalue weighted by Crippen LogP contribution is 2.24. The van der Waals surface area contributed by atoms with Crippen molar-refractivity contribution in [3.8, 4) is 0 Å². The number of benzene rings is 2. The molecule has 2 aromatic carbocycles. The van der Waals surface area contributed by atoms with Gasteiger partial charge in [0, 0.05) is 39.0 Å². The minimum atomic E-state index is -3.62. The van der Waals surface area contributed by atoms with Crippen molar-refractivity contribution in [1.82, 2.24) is 9.21 Å². The zero-order valence-electron chi connectivity index (χ0n) is 19.8. The first-order valence-corrected chi connectivity index (χ1v) is 13.0. The van der Waals surface area contributed by atoms with Crippen molar-refractivity contribution in [2.45, 2.75) is 44.4 Å². The average Bonchev–Trinajstić information content (AvgIpc) is 2.84. The van der Waals surface area contributed by atoms with E-state index in [9.17, 15) is 18.0 Å². The molecule has 34 heavy (non-hydrogen) atoms. The number of hydrogen-bond donors (Lipinski definition) is 0. The first-order chi connectivity index (χ1) is 16.2. The molecule has 0 unspecified atom stereocenters. The molecule has 1 fully saturated rings. The largest absolute Gasteiger partial charge is 0.335 e. The number of nitrogens with zero attached hydrogens (tertiary/aromatic N) is 4. The van der Waals surface area contributed by atoms with E-state index in [0.717, 1.165) is 11.1 Å². The molecule has 0 N–H and O–H groups in total. The van der Waals surface area contributed by atoms with Crippen molar-refractivity contribution in [3.63, 3.8) is 0 Å². The van der Waals surface area contributed by atoms with Gasteiger partial charge in [-0.15, -0.1) is 0 Å². The fraction of sp³-hybridized carbons (Fsp3) is 0.400. The van der Waals surface area contributed by atoms with Gasteiger partial charge in [-0.2, -0.15) is 9.41 Å². The predicted molar refractivity (Wildman–Crippen MR) is 131 cm³/mol. The van der Waals surface area contributed by atoms with E-state index >= 15 is 0 Å². The maximum atomic E-state index is 13.1. The minimum Gasteiger partial charge on any atom is -0.335 e. The number of sulfonamides is 1. The summed E-state index contributed by atoms with van der Waals surface area (Å²) < 4.78 is 27.6. The molecule has 0 atom stereocenters. The number of carbonyl (C=O) groups is 2. The smallest absolute Gasteiger partial charge is 0.270 e. The number of piperazine rings is 1. The van der Waals surface area contributed by atoms with Gasteiger partial charge in [0.05, 0.1) is 10.6 Å². The second-order valence-electron chi connectivity index (χ2n) is 9.01. The number of hydrazone groups is 1. The number of hydrogen-bond acceptors (Lipinski definition) is 5. The Morgan fingerprint density at radius 3 is 2.26 bits per heavy atom. The SMILES string of the molecule is Cc1cccc(N2N=C(C(=O)N3CCN(S(=O)(=O)c4ccc(C(C)C)cc4)CC3)CCC2=O)c1. The van der Waals surface area contributed by atoms with E-state index < -0.39 is 10.0 Å². The molecule has 1 saturated heterocycles. The zero-order valence-corrected chi connectivity index (χ0v) is 20.6. The maximum Gasteiger partial charge on any atom is 0.270 e. The molecule has 2 aromatic rings. The molecule has 2 amide bonds. The summed E-state index contributed by atoms with van der Waals surface area (Å²) >= 11 is 0. The monoisotopic (exact) mass is 482 g/mol. The van der Waals surface area contributed by atoms with Crippen molar-refractivity contribution in [1.29, 1.82) is 0 Å². The molecule has 8 nitrogen and oxygen atoms in total. The Kier molecular flexibility index (Phi) is 6.86. The van der Waals surface area contributed by atoms with Crippen LogP contribution in [0.2, 0.25) is 0 Å². The van der Waals surface area contributed by atoms with Gasteiger partial charge in [-0.25, -0.2) is 13.4 Å². The molecule has 4 rings (SSSR count). The summed E-state index contributed by atoms with van der Waals surface area (Å²) in [6.45, 7) is 7.04. The Bertz CT molecular complexity index is 1210. The lowest BCUT2D eigenvalue weighted by Gasteiger charge is -2.35. The number of amides is 2. The van der Waals surface area contributed by atoms with Crippen LogP contribution in [0.25, 0.3) is 0 Å². The van der Waals surface area contributed by atoms with E-state index in [2.05, 4.69) is 18.9 Å². The van der Waals surface area contributed by atoms with Crippen LogP contribution in [0.4, 0.5) is 5.69 Å². The third kappa shape index (κ3) is 4.90. The van der Waals surface area contributed by atoms with E-state index in [1.165, 1.54) is 9.31 Å². The fourth-order valence-corrected chi connectivity index (χ4v) is 5.58. The van der Waals surface area contributed by atoms with Crippen molar-refractivity contribution in [2.75, 3.05) is 31.2 Å². The maximum absolute atomic E-state index is 13.1. The van der Waals surface area contributed by atoms with Gasteiger partial charge >= 0.3 is 0 Å². The quantitative estimate of drug-likeness (QED) is 0.655. The van der Waals surface area contributed by atoms with Crippen LogP contribution >= 0.6 is 0 Å². The Labute approximate surface area is 200 Å². The van der Waals surface area contributed by atoms with Gasteiger partial charge in [0.1, 0.15) is 5.71 Å². The summed E-state index contributed by atoms with van der Waals surface area (Å²) in [4.78, 5) is 27.4. The lowest BCUT2D eigenvalue weighted by molar-refractivity contribution is -0.125. The van der Waals surface area contributed by atoms with Crippen molar-refractivity contribution in [3.05, 3.63) is 59.7 Å². The van der Waals surface area contributed by atoms with Gasteiger partial charge in [-0.05, 0) is 48.2 Å². The Morgan fingerprint density at radius 2 is 1.65 bits per heavy atom. The van der Waals surface area contributed by atoms with Crippen LogP contribution in [0.15, 0.2) is 58.5 Å². The summed E-state index contributed by atoms with van der Waals surface area (Å²) in [5.74, 6) is -0.0730. The van der Waals surface area contributed by atoms with Crippen LogP contribution in [0.5, 0.6) is 0 Å². The summed E-state index contributed by atoms with van der Waals surface area (Å²) in [7, 11) is -3.62. The van der Waals surface area contributed by atoms with Gasteiger partial charge in [0.25, 0.3) is 5.91 Å². The van der Waals surface area contributed by atoms with E-state index in [1.807, 2.05) is 37.3 Å². The van der Waals surface area contributed by atoms with E-state index in [-0.39, 0.29) is 55.7 Å². The summed E-state index contributed by atoms with van der Waals surface area (Å²) in [6, 6.07) is 14.4. The zero-order chi connectivity index (χ0) is 24.5. The van der Waals surface area contributed by atoms with Gasteiger partial charge in [0.2, 0.25) is 15.9 Å². The number of anilines is 1. The average molecular weight is 483 g/mol. The topological polar surface area (TPSA) is 90.4 Å². The molecule has 2 heterocycles. The molecule has 0 radical (unpaired) electrons. The minimum absolute atomic E-state index is 0.151. The lowest BCUT2D eigenvalue weighted by Crippen LogP contribution is -2.52. The van der Waals surface area contributed by atoms with Crippen molar-refractivity contribution >= 4 is 33.2 Å². The van der Waals surface area contributed by atoms with E-state index in [1.54, 1.807) is 23.1 Å². The van der Waals surface area contributed by atoms with E-state index in [0.29, 0.717) is 17.3 Å². The van der Waals surface area contributed by atoms with Gasteiger partial charge in [0.15, 0.2) is 0 Å². The number of rotatable bonds is 5. The molecule has 0 bridgehead atoms. The standard InChI is InChI=1S/C25H30N4O4S/c1-18(2)20-7-9-22(10-8-20)34(32,33)28-15-13-27(14-16-28)25(31)23-11-12-24(30)29(26-23)21-6-4-5-19(3)17-21/h4-10,17-18H,11-16H2,1-3H3. The van der Waals surface area contributed by atoms with Gasteiger partial charge < -0.3 is 4.90 Å². The lowest BCUT2D eigenvalue weighted by atomic mass is 10.0. The van der Waals surface area contributed by atoms with Crippen LogP contribution in [-0.4, -0.2) is 61.3 Å². The Hall–Kier alpha value is -3.04. The van der Waals surface area contributed by atoms with E-state index in [4.69, 9.17) is 0 Å². The van der Waals surface area contributed by atoms with Crippen LogP contribution in [0.1, 0.15) is 43.7 Å². The first-order valence-electron chi connectivity index (χ1n) is 11.5. The molecule has 0 saturated carbocycles. The third-order valence-corrected chi connectivity index (χ3v) is 8.15. The van der Waals surface area contributed by atoms with Gasteiger partial charge in [-0.1, -0.05) is 38.1 Å². The number of aryl methyl sites for hydroxylation is 1. The molecule has 0 aliphatic carbocycles. The van der Waals surface area contributed by atoms with Crippen LogP contribution in [0, 0.1) is 6.92 Å². The number of carbonyl (C=O) groups excluding carboxylic acids is 2. The molecular weight excluding hydrogens is 452 g/mol. The molecule has 2 aliphatic heterocycles. The highest BCUT2D eigenvalue weighted by molar-refractivity contribution is 7.89. The molecule has 0 aromatic heterocycles. The highest BCUT2D eigenvalue weighted by Gasteiger charge is 2.33. The molecule has 2 aliphatic rings. The molecule has 9 heteroatoms. The van der Waals surface area contributed by atoms with Crippen LogP contribution in [0.3, 0.4) is 0 Å². The van der Waals surface area contributed by atoms with Crippen molar-refractivity contribution < 1.29 is 18.0 Å². The normalized spacial score (nSPS) is 17.8. The predicted octanol–water partition coefficient (Wildman–Crippen LogP) is 3.13. The second-order valence-corrected chi connectivity index (χ2v) is 10.9. The Morgan fingerprint density at radius 1 is 0.971 bits per heavy atom. The molecular formula is C25H30N4O4S. The third-order valence-electron chi connectivity index (χ3n) is 6.24. The first kappa shape index (κ1) is 24.1. The molecule has 0 spiro atoms. The van der Waals surface area contributed by atoms with Crippen molar-refractivity contribution in [2.24, 2.45) is 5.10 Å². The highest BCUT2D eigenvalue weighted by atomic mass is 32.2. The second kappa shape index (κ2) is 9.68. The fourth-order valence-electron chi connectivity index (χ4n) is 4.16. The summed E-state index contributed by atoms with van der Waals surface area (Å²) in [6.07, 6.45) is 0.486. The summed E-state index contributed by atoms with van der Waals surface area (Å²) in [5, 5.41) is 5.66. The molecule has 180 valence electrons. The summed E-state index contributed by atoms with van der Waals surface area (Å²) in [5.41, 5.74) is 3.03. The Balaban J connectivity index is 1.44. The van der Waals surface area contributed by atoms with Crippen LogP contribution in [-0.2, 0) is 19.6 Å². The van der Waals surface area contributed by atoms with Gasteiger partial charge in [-0.3, -0.25) is 9.59 Å². The van der Waals surface area contributed by atoms with Crippen LogP contribution < -0.4 is 5.01 Å².